The summed E-state index contributed by atoms with van der Waals surface area (Å²) >= 11 is 5.99. The third-order valence-corrected chi connectivity index (χ3v) is 5.74. The maximum absolute atomic E-state index is 12.7. The summed E-state index contributed by atoms with van der Waals surface area (Å²) < 4.78 is 27.0. The van der Waals surface area contributed by atoms with Crippen molar-refractivity contribution in [1.82, 2.24) is 4.31 Å². The van der Waals surface area contributed by atoms with Gasteiger partial charge < -0.3 is 5.73 Å². The predicted molar refractivity (Wildman–Crippen MR) is 81.1 cm³/mol. The lowest BCUT2D eigenvalue weighted by Gasteiger charge is -2.22. The van der Waals surface area contributed by atoms with E-state index in [-0.39, 0.29) is 11.4 Å². The molecule has 0 unspecified atom stereocenters. The first-order valence-electron chi connectivity index (χ1n) is 6.97. The van der Waals surface area contributed by atoms with Crippen molar-refractivity contribution >= 4 is 21.6 Å². The minimum Gasteiger partial charge on any atom is -0.326 e. The maximum atomic E-state index is 12.7. The molecule has 2 N–H and O–H groups in total. The Bertz CT molecular complexity index is 571. The number of sulfonamides is 1. The summed E-state index contributed by atoms with van der Waals surface area (Å²) in [4.78, 5) is 0.288. The lowest BCUT2D eigenvalue weighted by Crippen LogP contribution is -2.33. The molecule has 0 spiro atoms. The zero-order valence-electron chi connectivity index (χ0n) is 11.7. The summed E-state index contributed by atoms with van der Waals surface area (Å²) in [5.74, 6) is 0.526. The molecular formula is C14H21ClN2O2S. The number of hydrogen-bond donors (Lipinski definition) is 1. The van der Waals surface area contributed by atoms with Crippen LogP contribution in [0.5, 0.6) is 0 Å². The second kappa shape index (κ2) is 6.43. The van der Waals surface area contributed by atoms with Gasteiger partial charge >= 0.3 is 0 Å². The van der Waals surface area contributed by atoms with E-state index in [0.717, 1.165) is 19.3 Å². The van der Waals surface area contributed by atoms with Gasteiger partial charge in [-0.05, 0) is 48.9 Å². The fourth-order valence-corrected chi connectivity index (χ4v) is 4.02. The van der Waals surface area contributed by atoms with Gasteiger partial charge in [-0.3, -0.25) is 0 Å². The lowest BCUT2D eigenvalue weighted by atomic mass is 10.2. The van der Waals surface area contributed by atoms with Crippen LogP contribution in [0.1, 0.15) is 31.7 Å². The number of rotatable bonds is 7. The highest BCUT2D eigenvalue weighted by Gasteiger charge is 2.31. The summed E-state index contributed by atoms with van der Waals surface area (Å²) in [5.41, 5.74) is 6.26. The minimum atomic E-state index is -3.45. The molecule has 1 aliphatic carbocycles. The molecule has 1 fully saturated rings. The first-order chi connectivity index (χ1) is 9.48. The molecule has 0 atom stereocenters. The molecule has 0 saturated heterocycles. The van der Waals surface area contributed by atoms with Crippen molar-refractivity contribution < 1.29 is 8.42 Å². The maximum Gasteiger partial charge on any atom is 0.243 e. The molecule has 1 aromatic carbocycles. The fourth-order valence-electron chi connectivity index (χ4n) is 2.16. The summed E-state index contributed by atoms with van der Waals surface area (Å²) in [6.07, 6.45) is 3.07. The average Bonchev–Trinajstić information content (AvgIpc) is 3.22. The molecule has 0 heterocycles. The number of halogens is 1. The van der Waals surface area contributed by atoms with Crippen molar-refractivity contribution in [2.24, 2.45) is 11.7 Å². The van der Waals surface area contributed by atoms with Crippen LogP contribution in [0.2, 0.25) is 5.02 Å². The molecule has 0 amide bonds. The smallest absolute Gasteiger partial charge is 0.243 e. The Hall–Kier alpha value is -0.620. The van der Waals surface area contributed by atoms with Crippen LogP contribution >= 0.6 is 11.6 Å². The predicted octanol–water partition coefficient (Wildman–Crippen LogP) is 2.61. The monoisotopic (exact) mass is 316 g/mol. The number of benzene rings is 1. The van der Waals surface area contributed by atoms with Crippen LogP contribution in [0, 0.1) is 5.92 Å². The number of nitrogens with two attached hydrogens (primary N) is 1. The highest BCUT2D eigenvalue weighted by atomic mass is 35.5. The van der Waals surface area contributed by atoms with Gasteiger partial charge in [-0.2, -0.15) is 4.31 Å². The molecule has 0 radical (unpaired) electrons. The van der Waals surface area contributed by atoms with Gasteiger partial charge in [0, 0.05) is 24.7 Å². The molecule has 1 aliphatic rings. The van der Waals surface area contributed by atoms with Crippen LogP contribution in [-0.2, 0) is 16.6 Å². The van der Waals surface area contributed by atoms with Crippen molar-refractivity contribution in [2.75, 3.05) is 13.1 Å². The zero-order chi connectivity index (χ0) is 14.8. The molecule has 6 heteroatoms. The van der Waals surface area contributed by atoms with Gasteiger partial charge in [0.25, 0.3) is 0 Å². The fraction of sp³-hybridized carbons (Fsp3) is 0.571. The standard InChI is InChI=1S/C14H21ClN2O2S/c1-2-7-17(10-11-3-4-11)20(18,19)13-5-6-14(15)12(8-13)9-16/h5-6,8,11H,2-4,7,9-10,16H2,1H3. The molecule has 1 aromatic rings. The topological polar surface area (TPSA) is 63.4 Å². The van der Waals surface area contributed by atoms with Gasteiger partial charge in [-0.1, -0.05) is 18.5 Å². The van der Waals surface area contributed by atoms with E-state index in [0.29, 0.717) is 29.6 Å². The van der Waals surface area contributed by atoms with Gasteiger partial charge in [0.15, 0.2) is 0 Å². The lowest BCUT2D eigenvalue weighted by molar-refractivity contribution is 0.395. The highest BCUT2D eigenvalue weighted by Crippen LogP contribution is 2.32. The third kappa shape index (κ3) is 3.52. The largest absolute Gasteiger partial charge is 0.326 e. The van der Waals surface area contributed by atoms with Gasteiger partial charge in [-0.15, -0.1) is 0 Å². The molecule has 1 saturated carbocycles. The minimum absolute atomic E-state index is 0.235. The van der Waals surface area contributed by atoms with Crippen molar-refractivity contribution in [1.29, 1.82) is 0 Å². The summed E-state index contributed by atoms with van der Waals surface area (Å²) in [7, 11) is -3.45. The van der Waals surface area contributed by atoms with Crippen molar-refractivity contribution in [3.05, 3.63) is 28.8 Å². The van der Waals surface area contributed by atoms with Gasteiger partial charge in [0.05, 0.1) is 4.90 Å². The van der Waals surface area contributed by atoms with Crippen LogP contribution in [0.3, 0.4) is 0 Å². The molecule has 0 aromatic heterocycles. The average molecular weight is 317 g/mol. The molecule has 20 heavy (non-hydrogen) atoms. The van der Waals surface area contributed by atoms with E-state index in [1.807, 2.05) is 6.92 Å². The van der Waals surface area contributed by atoms with Crippen LogP contribution in [0.4, 0.5) is 0 Å². The summed E-state index contributed by atoms with van der Waals surface area (Å²) in [5, 5.41) is 0.510. The Balaban J connectivity index is 2.30. The van der Waals surface area contributed by atoms with E-state index in [1.165, 1.54) is 0 Å². The van der Waals surface area contributed by atoms with Crippen molar-refractivity contribution in [2.45, 2.75) is 37.6 Å². The molecule has 2 rings (SSSR count). The quantitative estimate of drug-likeness (QED) is 0.841. The normalized spacial score (nSPS) is 15.8. The van der Waals surface area contributed by atoms with Gasteiger partial charge in [-0.25, -0.2) is 8.42 Å². The van der Waals surface area contributed by atoms with E-state index in [9.17, 15) is 8.42 Å². The molecular weight excluding hydrogens is 296 g/mol. The summed E-state index contributed by atoms with van der Waals surface area (Å²) in [6, 6.07) is 4.76. The Morgan fingerprint density at radius 2 is 2.10 bits per heavy atom. The first-order valence-corrected chi connectivity index (χ1v) is 8.79. The Kier molecular flexibility index (Phi) is 5.07. The Morgan fingerprint density at radius 1 is 1.40 bits per heavy atom. The van der Waals surface area contributed by atoms with Crippen LogP contribution in [0.15, 0.2) is 23.1 Å². The molecule has 0 aliphatic heterocycles. The molecule has 112 valence electrons. The van der Waals surface area contributed by atoms with Gasteiger partial charge in [0.2, 0.25) is 10.0 Å². The molecule has 0 bridgehead atoms. The van der Waals surface area contributed by atoms with E-state index >= 15 is 0 Å². The van der Waals surface area contributed by atoms with E-state index in [4.69, 9.17) is 17.3 Å². The van der Waals surface area contributed by atoms with Crippen LogP contribution in [-0.4, -0.2) is 25.8 Å². The van der Waals surface area contributed by atoms with Crippen molar-refractivity contribution in [3.63, 3.8) is 0 Å². The van der Waals surface area contributed by atoms with E-state index in [2.05, 4.69) is 0 Å². The van der Waals surface area contributed by atoms with Crippen LogP contribution in [0.25, 0.3) is 0 Å². The zero-order valence-corrected chi connectivity index (χ0v) is 13.3. The van der Waals surface area contributed by atoms with Crippen LogP contribution < -0.4 is 5.73 Å². The van der Waals surface area contributed by atoms with E-state index < -0.39 is 10.0 Å². The number of hydrogen-bond acceptors (Lipinski definition) is 3. The first kappa shape index (κ1) is 15.8. The second-order valence-corrected chi connectivity index (χ2v) is 7.61. The second-order valence-electron chi connectivity index (χ2n) is 5.26. The third-order valence-electron chi connectivity index (χ3n) is 3.51. The Morgan fingerprint density at radius 3 is 2.65 bits per heavy atom. The molecule has 4 nitrogen and oxygen atoms in total. The SMILES string of the molecule is CCCN(CC1CC1)S(=O)(=O)c1ccc(Cl)c(CN)c1. The Labute approximate surface area is 126 Å². The van der Waals surface area contributed by atoms with E-state index in [1.54, 1.807) is 22.5 Å². The number of nitrogens with zero attached hydrogens (tertiary/aromatic N) is 1. The van der Waals surface area contributed by atoms with Crippen molar-refractivity contribution in [3.8, 4) is 0 Å². The summed E-state index contributed by atoms with van der Waals surface area (Å²) in [6.45, 7) is 3.40. The van der Waals surface area contributed by atoms with Gasteiger partial charge in [0.1, 0.15) is 0 Å². The highest BCUT2D eigenvalue weighted by molar-refractivity contribution is 7.89.